The van der Waals surface area contributed by atoms with E-state index in [-0.39, 0.29) is 0 Å². The molecule has 41 heavy (non-hydrogen) atoms. The fourth-order valence-corrected chi connectivity index (χ4v) is 7.39. The first-order chi connectivity index (χ1) is 20.1. The Balaban J connectivity index is 1.31. The summed E-state index contributed by atoms with van der Waals surface area (Å²) in [5.74, 6) is 0. The first-order valence-corrected chi connectivity index (χ1v) is 15.4. The van der Waals surface area contributed by atoms with Crippen molar-refractivity contribution < 1.29 is 0 Å². The van der Waals surface area contributed by atoms with Gasteiger partial charge in [-0.15, -0.1) is 22.7 Å². The maximum absolute atomic E-state index is 4.16. The number of allylic oxidation sites excluding steroid dienone is 2. The number of likely N-dealkylation sites (N-methyl/N-ethyl adjacent to an activating group) is 1. The van der Waals surface area contributed by atoms with Gasteiger partial charge in [-0.2, -0.15) is 0 Å². The first kappa shape index (κ1) is 26.9. The third kappa shape index (κ3) is 5.28. The van der Waals surface area contributed by atoms with Crippen LogP contribution < -0.4 is 4.48 Å². The number of thiophene rings is 2. The molecule has 0 aliphatic carbocycles. The normalized spacial score (nSPS) is 11.9. The van der Waals surface area contributed by atoms with Crippen LogP contribution in [0.25, 0.3) is 41.8 Å². The molecule has 6 aromatic rings. The van der Waals surface area contributed by atoms with E-state index < -0.39 is 0 Å². The smallest absolute Gasteiger partial charge is 0.142 e. The summed E-state index contributed by atoms with van der Waals surface area (Å²) in [6.07, 6.45) is 4.13. The van der Waals surface area contributed by atoms with Crippen LogP contribution in [0.4, 0.5) is 11.4 Å². The highest BCUT2D eigenvalue weighted by atomic mass is 32.1. The van der Waals surface area contributed by atoms with E-state index in [1.165, 1.54) is 53.1 Å². The SMILES string of the molecule is C=CC(=CC)[N+](C)(c1ccc(-c2ccc(-c3ccccc3)s2)cc1)c1ccc(-c2ccc(-c3ccccc3)s2)cc1. The summed E-state index contributed by atoms with van der Waals surface area (Å²) in [6.45, 7) is 6.25. The van der Waals surface area contributed by atoms with Crippen molar-refractivity contribution in [3.05, 3.63) is 158 Å². The van der Waals surface area contributed by atoms with Gasteiger partial charge in [0.2, 0.25) is 0 Å². The van der Waals surface area contributed by atoms with Crippen LogP contribution in [0.2, 0.25) is 0 Å². The molecule has 0 aliphatic heterocycles. The van der Waals surface area contributed by atoms with Crippen LogP contribution in [0, 0.1) is 0 Å². The molecule has 0 atom stereocenters. The second kappa shape index (κ2) is 11.7. The lowest BCUT2D eigenvalue weighted by Gasteiger charge is -2.34. The van der Waals surface area contributed by atoms with E-state index >= 15 is 0 Å². The van der Waals surface area contributed by atoms with E-state index in [0.29, 0.717) is 4.48 Å². The Morgan fingerprint density at radius 2 is 0.854 bits per heavy atom. The summed E-state index contributed by atoms with van der Waals surface area (Å²) in [5.41, 5.74) is 8.50. The predicted molar refractivity (Wildman–Crippen MR) is 182 cm³/mol. The van der Waals surface area contributed by atoms with E-state index in [2.05, 4.69) is 160 Å². The number of rotatable bonds is 8. The molecule has 0 radical (unpaired) electrons. The quantitative estimate of drug-likeness (QED) is 0.127. The van der Waals surface area contributed by atoms with Crippen LogP contribution in [0.15, 0.2) is 158 Å². The molecule has 1 nitrogen and oxygen atoms in total. The van der Waals surface area contributed by atoms with Gasteiger partial charge in [-0.05, 0) is 89.9 Å². The molecular formula is C38H32NS2+. The van der Waals surface area contributed by atoms with Crippen molar-refractivity contribution >= 4 is 34.0 Å². The minimum Gasteiger partial charge on any atom is -0.229 e. The Bertz CT molecular complexity index is 1670. The Morgan fingerprint density at radius 3 is 1.17 bits per heavy atom. The van der Waals surface area contributed by atoms with Crippen molar-refractivity contribution in [3.8, 4) is 41.8 Å². The zero-order valence-corrected chi connectivity index (χ0v) is 25.0. The lowest BCUT2D eigenvalue weighted by Crippen LogP contribution is -2.37. The lowest BCUT2D eigenvalue weighted by atomic mass is 10.1. The molecule has 0 unspecified atom stereocenters. The van der Waals surface area contributed by atoms with Gasteiger partial charge in [0.05, 0.1) is 7.05 Å². The zero-order chi connectivity index (χ0) is 28.2. The van der Waals surface area contributed by atoms with Gasteiger partial charge in [0, 0.05) is 43.8 Å². The highest BCUT2D eigenvalue weighted by Crippen LogP contribution is 2.42. The third-order valence-electron chi connectivity index (χ3n) is 7.69. The fraction of sp³-hybridized carbons (Fsp3) is 0.0526. The van der Waals surface area contributed by atoms with Crippen molar-refractivity contribution in [2.45, 2.75) is 6.92 Å². The molecule has 0 fully saturated rings. The van der Waals surface area contributed by atoms with Crippen LogP contribution >= 0.6 is 22.7 Å². The number of quaternary nitrogens is 1. The van der Waals surface area contributed by atoms with Crippen molar-refractivity contribution in [2.24, 2.45) is 0 Å². The van der Waals surface area contributed by atoms with E-state index in [0.717, 1.165) is 5.70 Å². The Morgan fingerprint density at radius 1 is 0.512 bits per heavy atom. The Hall–Kier alpha value is -4.28. The van der Waals surface area contributed by atoms with Gasteiger partial charge in [0.1, 0.15) is 17.1 Å². The van der Waals surface area contributed by atoms with Crippen molar-refractivity contribution in [1.29, 1.82) is 0 Å². The van der Waals surface area contributed by atoms with Gasteiger partial charge >= 0.3 is 0 Å². The third-order valence-corrected chi connectivity index (χ3v) is 10.1. The van der Waals surface area contributed by atoms with Gasteiger partial charge in [0.15, 0.2) is 0 Å². The second-order valence-electron chi connectivity index (χ2n) is 10.1. The maximum Gasteiger partial charge on any atom is 0.142 e. The molecule has 0 N–H and O–H groups in total. The van der Waals surface area contributed by atoms with Gasteiger partial charge in [-0.25, -0.2) is 4.48 Å². The van der Waals surface area contributed by atoms with Gasteiger partial charge in [0.25, 0.3) is 0 Å². The minimum atomic E-state index is 0.542. The number of nitrogens with zero attached hydrogens (tertiary/aromatic N) is 1. The highest BCUT2D eigenvalue weighted by Gasteiger charge is 2.32. The van der Waals surface area contributed by atoms with Gasteiger partial charge in [-0.1, -0.05) is 67.2 Å². The van der Waals surface area contributed by atoms with Crippen LogP contribution in [0.1, 0.15) is 6.92 Å². The molecule has 4 aromatic carbocycles. The molecular weight excluding hydrogens is 535 g/mol. The Kier molecular flexibility index (Phi) is 7.67. The van der Waals surface area contributed by atoms with Gasteiger partial charge in [-0.3, -0.25) is 0 Å². The number of hydrogen-bond donors (Lipinski definition) is 0. The molecule has 0 aliphatic rings. The van der Waals surface area contributed by atoms with Crippen LogP contribution in [-0.2, 0) is 0 Å². The van der Waals surface area contributed by atoms with Crippen LogP contribution in [0.5, 0.6) is 0 Å². The summed E-state index contributed by atoms with van der Waals surface area (Å²) < 4.78 is 0.542. The molecule has 0 bridgehead atoms. The van der Waals surface area contributed by atoms with E-state index in [1.54, 1.807) is 0 Å². The average molecular weight is 567 g/mol. The standard InChI is InChI=1S/C38H32NS2/c1-4-32(5-2)39(3,33-20-16-30(17-21-33)37-26-24-35(40-37)28-12-8-6-9-13-28)34-22-18-31(19-23-34)38-27-25-36(41-38)29-14-10-7-11-15-29/h4-27H,1H2,2-3H3/q+1. The fourth-order valence-electron chi connectivity index (χ4n) is 5.35. The molecule has 6 rings (SSSR count). The number of hydrogen-bond acceptors (Lipinski definition) is 2. The second-order valence-corrected chi connectivity index (χ2v) is 12.2. The topological polar surface area (TPSA) is 0 Å². The molecule has 0 saturated heterocycles. The lowest BCUT2D eigenvalue weighted by molar-refractivity contribution is 0.577. The summed E-state index contributed by atoms with van der Waals surface area (Å²) in [6, 6.07) is 48.0. The minimum absolute atomic E-state index is 0.542. The van der Waals surface area contributed by atoms with Crippen molar-refractivity contribution in [2.75, 3.05) is 7.05 Å². The summed E-state index contributed by atoms with van der Waals surface area (Å²) >= 11 is 3.66. The molecule has 0 saturated carbocycles. The highest BCUT2D eigenvalue weighted by molar-refractivity contribution is 7.19. The Labute approximate surface area is 251 Å². The molecule has 200 valence electrons. The first-order valence-electron chi connectivity index (χ1n) is 13.8. The number of benzene rings is 4. The van der Waals surface area contributed by atoms with E-state index in [4.69, 9.17) is 0 Å². The predicted octanol–water partition coefficient (Wildman–Crippen LogP) is 11.8. The van der Waals surface area contributed by atoms with Crippen LogP contribution in [0.3, 0.4) is 0 Å². The zero-order valence-electron chi connectivity index (χ0n) is 23.3. The van der Waals surface area contributed by atoms with Crippen LogP contribution in [-0.4, -0.2) is 7.05 Å². The maximum atomic E-state index is 4.16. The van der Waals surface area contributed by atoms with E-state index in [1.807, 2.05) is 28.7 Å². The molecule has 2 heterocycles. The molecule has 0 amide bonds. The van der Waals surface area contributed by atoms with Crippen molar-refractivity contribution in [1.82, 2.24) is 4.48 Å². The van der Waals surface area contributed by atoms with Crippen molar-refractivity contribution in [3.63, 3.8) is 0 Å². The average Bonchev–Trinajstić information content (AvgIpc) is 3.74. The largest absolute Gasteiger partial charge is 0.229 e. The summed E-state index contributed by atoms with van der Waals surface area (Å²) in [4.78, 5) is 5.12. The molecule has 3 heteroatoms. The molecule has 2 aromatic heterocycles. The molecule has 0 spiro atoms. The summed E-state index contributed by atoms with van der Waals surface area (Å²) in [5, 5.41) is 0. The monoisotopic (exact) mass is 566 g/mol. The summed E-state index contributed by atoms with van der Waals surface area (Å²) in [7, 11) is 2.25. The van der Waals surface area contributed by atoms with E-state index in [9.17, 15) is 0 Å². The van der Waals surface area contributed by atoms with Gasteiger partial charge < -0.3 is 0 Å².